The fraction of sp³-hybridized carbons (Fsp3) is 0.750. The lowest BCUT2D eigenvalue weighted by Gasteiger charge is -2.38. The summed E-state index contributed by atoms with van der Waals surface area (Å²) in [6.07, 6.45) is 5.42. The Hall–Kier alpha value is -0.830. The predicted molar refractivity (Wildman–Crippen MR) is 59.7 cm³/mol. The third-order valence-corrected chi connectivity index (χ3v) is 3.35. The van der Waals surface area contributed by atoms with Crippen molar-refractivity contribution >= 4 is 0 Å². The molecule has 0 aromatic carbocycles. The van der Waals surface area contributed by atoms with E-state index in [1.807, 2.05) is 10.9 Å². The molecule has 1 saturated carbocycles. The molecule has 0 spiro atoms. The molecular formula is C12H20N2O. The number of hydrogen-bond donors (Lipinski definition) is 1. The molecule has 84 valence electrons. The molecule has 0 aliphatic heterocycles. The van der Waals surface area contributed by atoms with Gasteiger partial charge in [0.1, 0.15) is 0 Å². The van der Waals surface area contributed by atoms with Crippen LogP contribution in [0.1, 0.15) is 38.8 Å². The van der Waals surface area contributed by atoms with E-state index < -0.39 is 0 Å². The van der Waals surface area contributed by atoms with Crippen molar-refractivity contribution in [2.45, 2.75) is 45.1 Å². The van der Waals surface area contributed by atoms with Crippen molar-refractivity contribution in [3.63, 3.8) is 0 Å². The van der Waals surface area contributed by atoms with Crippen LogP contribution in [0.4, 0.5) is 0 Å². The Morgan fingerprint density at radius 2 is 2.27 bits per heavy atom. The molecule has 1 heterocycles. The third-order valence-electron chi connectivity index (χ3n) is 3.35. The van der Waals surface area contributed by atoms with Crippen LogP contribution in [-0.4, -0.2) is 21.5 Å². The Morgan fingerprint density at radius 1 is 1.53 bits per heavy atom. The van der Waals surface area contributed by atoms with Crippen molar-refractivity contribution in [2.75, 3.05) is 6.61 Å². The van der Waals surface area contributed by atoms with Gasteiger partial charge in [0, 0.05) is 18.2 Å². The second-order valence-corrected chi connectivity index (χ2v) is 5.11. The van der Waals surface area contributed by atoms with Crippen molar-refractivity contribution < 1.29 is 5.11 Å². The lowest BCUT2D eigenvalue weighted by atomic mass is 9.67. The lowest BCUT2D eigenvalue weighted by molar-refractivity contribution is 0.115. The van der Waals surface area contributed by atoms with E-state index in [9.17, 15) is 5.11 Å². The molecule has 1 aliphatic rings. The van der Waals surface area contributed by atoms with Crippen LogP contribution in [0.3, 0.4) is 0 Å². The Kier molecular flexibility index (Phi) is 2.83. The van der Waals surface area contributed by atoms with Gasteiger partial charge in [0.25, 0.3) is 0 Å². The van der Waals surface area contributed by atoms with Crippen molar-refractivity contribution in [3.8, 4) is 0 Å². The summed E-state index contributed by atoms with van der Waals surface area (Å²) in [6.45, 7) is 5.58. The van der Waals surface area contributed by atoms with E-state index in [4.69, 9.17) is 0 Å². The molecule has 3 nitrogen and oxygen atoms in total. The minimum absolute atomic E-state index is 0.0117. The van der Waals surface area contributed by atoms with E-state index in [0.717, 1.165) is 25.1 Å². The molecule has 2 rings (SSSR count). The molecule has 0 atom stereocenters. The maximum atomic E-state index is 9.43. The van der Waals surface area contributed by atoms with Crippen LogP contribution in [0.15, 0.2) is 12.3 Å². The number of rotatable bonds is 4. The average Bonchev–Trinajstić information content (AvgIpc) is 2.51. The van der Waals surface area contributed by atoms with E-state index in [2.05, 4.69) is 25.0 Å². The minimum Gasteiger partial charge on any atom is -0.395 e. The standard InChI is InChI=1S/C12H20N2O/c1-10(2)8-14-7-4-11(13-14)12(9-15)5-3-6-12/h4,7,10,15H,3,5-6,8-9H2,1-2H3. The summed E-state index contributed by atoms with van der Waals surface area (Å²) in [5.41, 5.74) is 1.07. The summed E-state index contributed by atoms with van der Waals surface area (Å²) in [5, 5.41) is 14.0. The first kappa shape index (κ1) is 10.7. The maximum absolute atomic E-state index is 9.43. The fourth-order valence-corrected chi connectivity index (χ4v) is 2.22. The maximum Gasteiger partial charge on any atom is 0.0709 e. The Balaban J connectivity index is 2.12. The van der Waals surface area contributed by atoms with Crippen LogP contribution >= 0.6 is 0 Å². The summed E-state index contributed by atoms with van der Waals surface area (Å²) >= 11 is 0. The number of aliphatic hydroxyl groups is 1. The molecule has 0 bridgehead atoms. The van der Waals surface area contributed by atoms with Crippen LogP contribution < -0.4 is 0 Å². The van der Waals surface area contributed by atoms with Crippen LogP contribution in [0.5, 0.6) is 0 Å². The summed E-state index contributed by atoms with van der Waals surface area (Å²) in [5.74, 6) is 0.615. The summed E-state index contributed by atoms with van der Waals surface area (Å²) in [6, 6.07) is 2.07. The molecule has 0 unspecified atom stereocenters. The zero-order valence-corrected chi connectivity index (χ0v) is 9.61. The monoisotopic (exact) mass is 208 g/mol. The van der Waals surface area contributed by atoms with Gasteiger partial charge in [-0.1, -0.05) is 20.3 Å². The first-order valence-electron chi connectivity index (χ1n) is 5.81. The molecule has 1 aromatic rings. The quantitative estimate of drug-likeness (QED) is 0.821. The van der Waals surface area contributed by atoms with Crippen LogP contribution in [0, 0.1) is 5.92 Å². The van der Waals surface area contributed by atoms with Gasteiger partial charge in [0.2, 0.25) is 0 Å². The van der Waals surface area contributed by atoms with E-state index in [-0.39, 0.29) is 12.0 Å². The van der Waals surface area contributed by atoms with Crippen molar-refractivity contribution in [1.29, 1.82) is 0 Å². The summed E-state index contributed by atoms with van der Waals surface area (Å²) < 4.78 is 2.00. The van der Waals surface area contributed by atoms with E-state index in [0.29, 0.717) is 5.92 Å². The number of aromatic nitrogens is 2. The fourth-order valence-electron chi connectivity index (χ4n) is 2.22. The van der Waals surface area contributed by atoms with Gasteiger partial charge in [-0.3, -0.25) is 4.68 Å². The molecule has 0 saturated heterocycles. The number of aliphatic hydroxyl groups excluding tert-OH is 1. The van der Waals surface area contributed by atoms with Gasteiger partial charge in [0.15, 0.2) is 0 Å². The molecule has 3 heteroatoms. The van der Waals surface area contributed by atoms with Gasteiger partial charge < -0.3 is 5.11 Å². The molecule has 1 N–H and O–H groups in total. The predicted octanol–water partition coefficient (Wildman–Crippen LogP) is 1.95. The average molecular weight is 208 g/mol. The Labute approximate surface area is 91.1 Å². The van der Waals surface area contributed by atoms with Gasteiger partial charge in [-0.15, -0.1) is 0 Å². The number of hydrogen-bond acceptors (Lipinski definition) is 2. The highest BCUT2D eigenvalue weighted by Crippen LogP contribution is 2.42. The number of nitrogens with zero attached hydrogens (tertiary/aromatic N) is 2. The highest BCUT2D eigenvalue weighted by atomic mass is 16.3. The second kappa shape index (κ2) is 3.97. The van der Waals surface area contributed by atoms with E-state index >= 15 is 0 Å². The van der Waals surface area contributed by atoms with Gasteiger partial charge >= 0.3 is 0 Å². The summed E-state index contributed by atoms with van der Waals surface area (Å²) in [4.78, 5) is 0. The van der Waals surface area contributed by atoms with Gasteiger partial charge in [-0.25, -0.2) is 0 Å². The second-order valence-electron chi connectivity index (χ2n) is 5.11. The van der Waals surface area contributed by atoms with Gasteiger partial charge in [-0.05, 0) is 24.8 Å². The minimum atomic E-state index is -0.0117. The van der Waals surface area contributed by atoms with Crippen molar-refractivity contribution in [3.05, 3.63) is 18.0 Å². The molecule has 15 heavy (non-hydrogen) atoms. The largest absolute Gasteiger partial charge is 0.395 e. The molecule has 1 aliphatic carbocycles. The van der Waals surface area contributed by atoms with Crippen LogP contribution in [0.25, 0.3) is 0 Å². The highest BCUT2D eigenvalue weighted by Gasteiger charge is 2.40. The lowest BCUT2D eigenvalue weighted by Crippen LogP contribution is -2.38. The molecule has 1 fully saturated rings. The third kappa shape index (κ3) is 1.93. The molecule has 0 radical (unpaired) electrons. The zero-order valence-electron chi connectivity index (χ0n) is 9.61. The van der Waals surface area contributed by atoms with Crippen LogP contribution in [-0.2, 0) is 12.0 Å². The van der Waals surface area contributed by atoms with Crippen molar-refractivity contribution in [2.24, 2.45) is 5.92 Å². The van der Waals surface area contributed by atoms with E-state index in [1.165, 1.54) is 6.42 Å². The first-order chi connectivity index (χ1) is 7.16. The topological polar surface area (TPSA) is 38.0 Å². The van der Waals surface area contributed by atoms with Crippen molar-refractivity contribution in [1.82, 2.24) is 9.78 Å². The van der Waals surface area contributed by atoms with Gasteiger partial charge in [0.05, 0.1) is 12.3 Å². The normalized spacial score (nSPS) is 19.2. The molecule has 1 aromatic heterocycles. The highest BCUT2D eigenvalue weighted by molar-refractivity contribution is 5.19. The Bertz CT molecular complexity index is 321. The molecular weight excluding hydrogens is 188 g/mol. The molecule has 0 amide bonds. The Morgan fingerprint density at radius 3 is 2.73 bits per heavy atom. The SMILES string of the molecule is CC(C)Cn1ccc(C2(CO)CCC2)n1. The van der Waals surface area contributed by atoms with Crippen LogP contribution in [0.2, 0.25) is 0 Å². The van der Waals surface area contributed by atoms with Gasteiger partial charge in [-0.2, -0.15) is 5.10 Å². The van der Waals surface area contributed by atoms with E-state index in [1.54, 1.807) is 0 Å². The smallest absolute Gasteiger partial charge is 0.0709 e. The first-order valence-corrected chi connectivity index (χ1v) is 5.81. The summed E-state index contributed by atoms with van der Waals surface area (Å²) in [7, 11) is 0. The zero-order chi connectivity index (χ0) is 10.9.